The lowest BCUT2D eigenvalue weighted by Gasteiger charge is -2.12. The van der Waals surface area contributed by atoms with Gasteiger partial charge in [0.25, 0.3) is 0 Å². The summed E-state index contributed by atoms with van der Waals surface area (Å²) < 4.78 is 2.18. The van der Waals surface area contributed by atoms with Crippen molar-refractivity contribution in [1.82, 2.24) is 0 Å². The monoisotopic (exact) mass is 386 g/mol. The molecule has 0 saturated carbocycles. The van der Waals surface area contributed by atoms with E-state index in [4.69, 9.17) is 0 Å². The number of hydrogen-bond acceptors (Lipinski definition) is 0. The minimum Gasteiger partial charge on any atom is -0.0616 e. The minimum atomic E-state index is 1.09. The summed E-state index contributed by atoms with van der Waals surface area (Å²) in [6.07, 6.45) is 8.45. The molecule has 0 saturated heterocycles. The van der Waals surface area contributed by atoms with E-state index in [1.165, 1.54) is 22.3 Å². The fourth-order valence-corrected chi connectivity index (χ4v) is 3.13. The molecule has 0 aromatic heterocycles. The van der Waals surface area contributed by atoms with E-state index in [2.05, 4.69) is 92.6 Å². The van der Waals surface area contributed by atoms with Crippen LogP contribution in [0.1, 0.15) is 11.1 Å². The maximum atomic E-state index is 3.56. The van der Waals surface area contributed by atoms with Crippen molar-refractivity contribution in [3.63, 3.8) is 0 Å². The molecule has 0 bridgehead atoms. The molecule has 20 heavy (non-hydrogen) atoms. The Hall–Kier alpha value is -1.38. The van der Waals surface area contributed by atoms with Gasteiger partial charge in [0.2, 0.25) is 0 Å². The Bertz CT molecular complexity index is 675. The number of allylic oxidation sites excluding steroid dienone is 5. The molecule has 0 fully saturated rings. The molecule has 2 heteroatoms. The lowest BCUT2D eigenvalue weighted by atomic mass is 9.93. The second kappa shape index (κ2) is 5.94. The quantitative estimate of drug-likeness (QED) is 0.580. The van der Waals surface area contributed by atoms with Crippen LogP contribution >= 0.6 is 31.9 Å². The molecule has 0 amide bonds. The molecule has 0 spiro atoms. The van der Waals surface area contributed by atoms with Crippen LogP contribution in [0.25, 0.3) is 5.57 Å². The van der Waals surface area contributed by atoms with Crippen LogP contribution in [-0.2, 0) is 0 Å². The van der Waals surface area contributed by atoms with Gasteiger partial charge in [0.1, 0.15) is 0 Å². The van der Waals surface area contributed by atoms with Gasteiger partial charge in [0.05, 0.1) is 0 Å². The molecule has 0 nitrogen and oxygen atoms in total. The minimum absolute atomic E-state index is 1.09. The SMILES string of the molecule is Brc1cccc(C(=C2C=CC=C2)c2cccc(Br)c2)c1. The number of benzene rings is 2. The van der Waals surface area contributed by atoms with Gasteiger partial charge in [-0.3, -0.25) is 0 Å². The molecular weight excluding hydrogens is 376 g/mol. The molecular formula is C18H12Br2. The van der Waals surface area contributed by atoms with Crippen LogP contribution in [0.3, 0.4) is 0 Å². The highest BCUT2D eigenvalue weighted by molar-refractivity contribution is 9.10. The van der Waals surface area contributed by atoms with Gasteiger partial charge in [-0.1, -0.05) is 80.4 Å². The van der Waals surface area contributed by atoms with E-state index >= 15 is 0 Å². The molecule has 2 aromatic carbocycles. The van der Waals surface area contributed by atoms with Crippen LogP contribution in [0.2, 0.25) is 0 Å². The Morgan fingerprint density at radius 2 is 1.20 bits per heavy atom. The first-order valence-corrected chi connectivity index (χ1v) is 7.93. The van der Waals surface area contributed by atoms with Gasteiger partial charge >= 0.3 is 0 Å². The van der Waals surface area contributed by atoms with Crippen LogP contribution < -0.4 is 0 Å². The third-order valence-corrected chi connectivity index (χ3v) is 4.16. The molecule has 0 radical (unpaired) electrons. The second-order valence-electron chi connectivity index (χ2n) is 4.57. The highest BCUT2D eigenvalue weighted by Crippen LogP contribution is 2.32. The van der Waals surface area contributed by atoms with E-state index in [-0.39, 0.29) is 0 Å². The average Bonchev–Trinajstić information content (AvgIpc) is 2.93. The molecule has 2 aromatic rings. The van der Waals surface area contributed by atoms with Crippen molar-refractivity contribution in [2.75, 3.05) is 0 Å². The smallest absolute Gasteiger partial charge is 0.0181 e. The molecule has 0 N–H and O–H groups in total. The van der Waals surface area contributed by atoms with E-state index in [9.17, 15) is 0 Å². The van der Waals surface area contributed by atoms with Crippen LogP contribution in [0, 0.1) is 0 Å². The van der Waals surface area contributed by atoms with Crippen molar-refractivity contribution in [3.05, 3.63) is 98.5 Å². The van der Waals surface area contributed by atoms with Crippen molar-refractivity contribution in [1.29, 1.82) is 0 Å². The van der Waals surface area contributed by atoms with Gasteiger partial charge in [0, 0.05) is 8.95 Å². The van der Waals surface area contributed by atoms with Crippen LogP contribution in [-0.4, -0.2) is 0 Å². The topological polar surface area (TPSA) is 0 Å². The fourth-order valence-electron chi connectivity index (χ4n) is 2.33. The third-order valence-electron chi connectivity index (χ3n) is 3.18. The van der Waals surface area contributed by atoms with Gasteiger partial charge in [-0.15, -0.1) is 0 Å². The second-order valence-corrected chi connectivity index (χ2v) is 6.40. The largest absolute Gasteiger partial charge is 0.0616 e. The standard InChI is InChI=1S/C18H12Br2/c19-16-9-3-7-14(11-16)18(13-5-1-2-6-13)15-8-4-10-17(20)12-15/h1-12H. The Labute approximate surface area is 135 Å². The predicted octanol–water partition coefficient (Wildman–Crippen LogP) is 6.14. The van der Waals surface area contributed by atoms with E-state index < -0.39 is 0 Å². The van der Waals surface area contributed by atoms with E-state index in [1.807, 2.05) is 12.1 Å². The summed E-state index contributed by atoms with van der Waals surface area (Å²) >= 11 is 7.12. The lowest BCUT2D eigenvalue weighted by Crippen LogP contribution is -1.91. The number of rotatable bonds is 2. The molecule has 0 atom stereocenters. The highest BCUT2D eigenvalue weighted by atomic mass is 79.9. The molecule has 3 rings (SSSR count). The van der Waals surface area contributed by atoms with Crippen LogP contribution in [0.4, 0.5) is 0 Å². The summed E-state index contributed by atoms with van der Waals surface area (Å²) in [7, 11) is 0. The van der Waals surface area contributed by atoms with Crippen molar-refractivity contribution < 1.29 is 0 Å². The molecule has 1 aliphatic carbocycles. The van der Waals surface area contributed by atoms with Crippen LogP contribution in [0.15, 0.2) is 87.4 Å². The van der Waals surface area contributed by atoms with Crippen molar-refractivity contribution in [3.8, 4) is 0 Å². The van der Waals surface area contributed by atoms with Gasteiger partial charge in [-0.25, -0.2) is 0 Å². The Balaban J connectivity index is 2.23. The Morgan fingerprint density at radius 3 is 1.65 bits per heavy atom. The summed E-state index contributed by atoms with van der Waals surface area (Å²) in [6.45, 7) is 0. The first-order chi connectivity index (χ1) is 9.74. The Morgan fingerprint density at radius 1 is 0.700 bits per heavy atom. The van der Waals surface area contributed by atoms with Gasteiger partial charge in [-0.05, 0) is 46.5 Å². The zero-order valence-electron chi connectivity index (χ0n) is 10.7. The van der Waals surface area contributed by atoms with Gasteiger partial charge in [-0.2, -0.15) is 0 Å². The van der Waals surface area contributed by atoms with E-state index in [1.54, 1.807) is 0 Å². The summed E-state index contributed by atoms with van der Waals surface area (Å²) in [5.41, 5.74) is 4.91. The van der Waals surface area contributed by atoms with Crippen molar-refractivity contribution in [2.24, 2.45) is 0 Å². The first-order valence-electron chi connectivity index (χ1n) is 6.35. The number of hydrogen-bond donors (Lipinski definition) is 0. The zero-order valence-corrected chi connectivity index (χ0v) is 13.9. The number of halogens is 2. The molecule has 1 aliphatic rings. The van der Waals surface area contributed by atoms with Gasteiger partial charge in [0.15, 0.2) is 0 Å². The maximum Gasteiger partial charge on any atom is 0.0181 e. The zero-order chi connectivity index (χ0) is 13.9. The molecule has 0 heterocycles. The van der Waals surface area contributed by atoms with E-state index in [0.29, 0.717) is 0 Å². The summed E-state index contributed by atoms with van der Waals surface area (Å²) in [5, 5.41) is 0. The van der Waals surface area contributed by atoms with E-state index in [0.717, 1.165) is 8.95 Å². The van der Waals surface area contributed by atoms with Crippen molar-refractivity contribution in [2.45, 2.75) is 0 Å². The van der Waals surface area contributed by atoms with Crippen LogP contribution in [0.5, 0.6) is 0 Å². The molecule has 0 aliphatic heterocycles. The fraction of sp³-hybridized carbons (Fsp3) is 0. The normalized spacial score (nSPS) is 13.0. The average molecular weight is 388 g/mol. The molecule has 0 unspecified atom stereocenters. The summed E-state index contributed by atoms with van der Waals surface area (Å²) in [6, 6.07) is 16.8. The van der Waals surface area contributed by atoms with Crippen molar-refractivity contribution >= 4 is 37.4 Å². The molecule has 98 valence electrons. The summed E-state index contributed by atoms with van der Waals surface area (Å²) in [4.78, 5) is 0. The summed E-state index contributed by atoms with van der Waals surface area (Å²) in [5.74, 6) is 0. The third kappa shape index (κ3) is 2.87. The Kier molecular flexibility index (Phi) is 4.04. The van der Waals surface area contributed by atoms with Gasteiger partial charge < -0.3 is 0 Å². The predicted molar refractivity (Wildman–Crippen MR) is 92.6 cm³/mol. The first kappa shape index (κ1) is 13.6. The maximum absolute atomic E-state index is 3.56. The highest BCUT2D eigenvalue weighted by Gasteiger charge is 2.11. The lowest BCUT2D eigenvalue weighted by molar-refractivity contribution is 1.49.